The van der Waals surface area contributed by atoms with Crippen molar-refractivity contribution < 1.29 is 33.3 Å². The van der Waals surface area contributed by atoms with Crippen LogP contribution in [0.1, 0.15) is 58.6 Å². The summed E-state index contributed by atoms with van der Waals surface area (Å²) in [6.07, 6.45) is 3.13. The number of primary amides is 1. The van der Waals surface area contributed by atoms with Gasteiger partial charge in [-0.2, -0.15) is 5.10 Å². The number of nitrogens with one attached hydrogen (secondary N) is 1. The molecule has 0 unspecified atom stereocenters. The molecule has 2 aliphatic rings. The molecule has 2 amide bonds. The minimum Gasteiger partial charge on any atom is -0.489 e. The number of hydrogen-bond acceptors (Lipinski definition) is 9. The summed E-state index contributed by atoms with van der Waals surface area (Å²) in [7, 11) is 2.90. The molecular weight excluding hydrogens is 619 g/mol. The molecule has 1 aliphatic heterocycles. The highest BCUT2D eigenvalue weighted by Gasteiger charge is 2.46. The number of aliphatic hydroxyl groups is 1. The first-order chi connectivity index (χ1) is 23.1. The standard InChI is InChI=1S/C35H33FN6O6/c1-34(33(37)44)18-48-31-24(34)15-27(40-30(31)23-14-28(46-2)38-16-25(23)36)35(45,21-7-5-4-6-8-21)17-39-32(43)20-11-22-13-26(19-9-10-19)41-42(22)29(12-20)47-3/h4-8,11-16,19,45H,9-10,17-18H2,1-3H3,(H2,37,44)(H,39,43)/t34-,35+/m0/s1. The van der Waals surface area contributed by atoms with Gasteiger partial charge < -0.3 is 30.4 Å². The zero-order valence-corrected chi connectivity index (χ0v) is 26.5. The lowest BCUT2D eigenvalue weighted by atomic mass is 9.80. The fourth-order valence-corrected chi connectivity index (χ4v) is 6.00. The number of aromatic nitrogens is 4. The summed E-state index contributed by atoms with van der Waals surface area (Å²) in [4.78, 5) is 35.2. The van der Waals surface area contributed by atoms with E-state index < -0.39 is 28.6 Å². The molecule has 0 radical (unpaired) electrons. The fraction of sp³-hybridized carbons (Fsp3) is 0.286. The lowest BCUT2D eigenvalue weighted by Crippen LogP contribution is -2.43. The molecule has 4 aromatic heterocycles. The third-order valence-electron chi connectivity index (χ3n) is 9.10. The first kappa shape index (κ1) is 31.1. The summed E-state index contributed by atoms with van der Waals surface area (Å²) in [5, 5.41) is 20.1. The Labute approximate surface area is 274 Å². The van der Waals surface area contributed by atoms with Crippen LogP contribution >= 0.6 is 0 Å². The van der Waals surface area contributed by atoms with Crippen LogP contribution in [0.5, 0.6) is 17.5 Å². The van der Waals surface area contributed by atoms with Gasteiger partial charge in [0.05, 0.1) is 43.9 Å². The van der Waals surface area contributed by atoms with Crippen molar-refractivity contribution in [2.75, 3.05) is 27.4 Å². The summed E-state index contributed by atoms with van der Waals surface area (Å²) in [5.74, 6) is -0.862. The number of pyridine rings is 3. The molecule has 5 aromatic rings. The Morgan fingerprint density at radius 3 is 2.60 bits per heavy atom. The Kier molecular flexibility index (Phi) is 7.51. The second kappa shape index (κ2) is 11.6. The fourth-order valence-electron chi connectivity index (χ4n) is 6.00. The average molecular weight is 653 g/mol. The molecule has 7 rings (SSSR count). The van der Waals surface area contributed by atoms with E-state index in [-0.39, 0.29) is 41.7 Å². The van der Waals surface area contributed by atoms with Gasteiger partial charge in [-0.25, -0.2) is 18.9 Å². The first-order valence-electron chi connectivity index (χ1n) is 15.4. The quantitative estimate of drug-likeness (QED) is 0.205. The normalized spacial score (nSPS) is 18.1. The molecule has 48 heavy (non-hydrogen) atoms. The van der Waals surface area contributed by atoms with Gasteiger partial charge >= 0.3 is 0 Å². The molecule has 1 aromatic carbocycles. The number of benzene rings is 1. The van der Waals surface area contributed by atoms with E-state index in [1.807, 2.05) is 6.07 Å². The number of hydrogen-bond donors (Lipinski definition) is 3. The molecule has 0 saturated heterocycles. The summed E-state index contributed by atoms with van der Waals surface area (Å²) in [5.41, 5.74) is 5.18. The van der Waals surface area contributed by atoms with Gasteiger partial charge in [-0.3, -0.25) is 9.59 Å². The van der Waals surface area contributed by atoms with Crippen LogP contribution in [-0.4, -0.2) is 63.9 Å². The highest BCUT2D eigenvalue weighted by atomic mass is 19.1. The van der Waals surface area contributed by atoms with Crippen molar-refractivity contribution in [2.45, 2.75) is 36.7 Å². The predicted octanol–water partition coefficient (Wildman–Crippen LogP) is 3.63. The topological polar surface area (TPSA) is 163 Å². The minimum atomic E-state index is -1.97. The molecule has 1 fully saturated rings. The van der Waals surface area contributed by atoms with Crippen molar-refractivity contribution >= 4 is 17.3 Å². The molecule has 0 spiro atoms. The van der Waals surface area contributed by atoms with E-state index in [0.29, 0.717) is 34.0 Å². The van der Waals surface area contributed by atoms with E-state index in [1.54, 1.807) is 53.9 Å². The van der Waals surface area contributed by atoms with E-state index in [4.69, 9.17) is 24.9 Å². The Hall–Kier alpha value is -5.56. The van der Waals surface area contributed by atoms with Crippen LogP contribution in [0.2, 0.25) is 0 Å². The Balaban J connectivity index is 1.33. The maximum atomic E-state index is 15.4. The maximum absolute atomic E-state index is 15.4. The van der Waals surface area contributed by atoms with Gasteiger partial charge in [-0.15, -0.1) is 0 Å². The van der Waals surface area contributed by atoms with E-state index in [0.717, 1.165) is 24.7 Å². The van der Waals surface area contributed by atoms with Crippen molar-refractivity contribution in [1.82, 2.24) is 24.9 Å². The molecule has 12 nitrogen and oxygen atoms in total. The second-order valence-corrected chi connectivity index (χ2v) is 12.3. The molecule has 5 heterocycles. The van der Waals surface area contributed by atoms with Gasteiger partial charge in [0.2, 0.25) is 17.7 Å². The van der Waals surface area contributed by atoms with Crippen molar-refractivity contribution in [3.63, 3.8) is 0 Å². The van der Waals surface area contributed by atoms with Crippen LogP contribution in [0.25, 0.3) is 16.8 Å². The second-order valence-electron chi connectivity index (χ2n) is 12.3. The minimum absolute atomic E-state index is 0.00810. The number of carbonyl (C=O) groups is 2. The smallest absolute Gasteiger partial charge is 0.251 e. The summed E-state index contributed by atoms with van der Waals surface area (Å²) in [6.45, 7) is 1.13. The number of nitrogens with zero attached hydrogens (tertiary/aromatic N) is 4. The van der Waals surface area contributed by atoms with Crippen LogP contribution in [0, 0.1) is 5.82 Å². The highest BCUT2D eigenvalue weighted by Crippen LogP contribution is 2.47. The summed E-state index contributed by atoms with van der Waals surface area (Å²) < 4.78 is 33.8. The van der Waals surface area contributed by atoms with Gasteiger partial charge in [0.1, 0.15) is 29.1 Å². The molecule has 1 saturated carbocycles. The van der Waals surface area contributed by atoms with Crippen molar-refractivity contribution in [3.8, 4) is 28.8 Å². The Bertz CT molecular complexity index is 2080. The predicted molar refractivity (Wildman–Crippen MR) is 172 cm³/mol. The molecule has 1 aliphatic carbocycles. The number of methoxy groups -OCH3 is 2. The van der Waals surface area contributed by atoms with Crippen molar-refractivity contribution in [2.24, 2.45) is 5.73 Å². The molecule has 246 valence electrons. The summed E-state index contributed by atoms with van der Waals surface area (Å²) >= 11 is 0. The SMILES string of the molecule is COc1cc(-c2nc([C@@](O)(CNC(=O)c3cc(OC)n4nc(C5CC5)cc4c3)c3ccccc3)cc3c2OC[C@]3(C)C(N)=O)c(F)cn1. The van der Waals surface area contributed by atoms with Crippen LogP contribution in [0.15, 0.2) is 66.9 Å². The molecule has 0 bridgehead atoms. The van der Waals surface area contributed by atoms with E-state index in [9.17, 15) is 14.7 Å². The van der Waals surface area contributed by atoms with Crippen LogP contribution in [0.3, 0.4) is 0 Å². The maximum Gasteiger partial charge on any atom is 0.251 e. The highest BCUT2D eigenvalue weighted by molar-refractivity contribution is 5.96. The lowest BCUT2D eigenvalue weighted by Gasteiger charge is -2.30. The Morgan fingerprint density at radius 1 is 1.15 bits per heavy atom. The number of halogens is 1. The van der Waals surface area contributed by atoms with Gasteiger partial charge in [-0.1, -0.05) is 30.3 Å². The summed E-state index contributed by atoms with van der Waals surface area (Å²) in [6, 6.07) is 16.7. The molecule has 2 atom stereocenters. The number of carbonyl (C=O) groups excluding carboxylic acids is 2. The Morgan fingerprint density at radius 2 is 1.92 bits per heavy atom. The third-order valence-corrected chi connectivity index (χ3v) is 9.10. The number of nitrogens with two attached hydrogens (primary N) is 1. The van der Waals surface area contributed by atoms with Crippen LogP contribution < -0.4 is 25.3 Å². The van der Waals surface area contributed by atoms with Gasteiger partial charge in [0, 0.05) is 34.7 Å². The van der Waals surface area contributed by atoms with E-state index in [2.05, 4.69) is 15.4 Å². The van der Waals surface area contributed by atoms with Crippen molar-refractivity contribution in [3.05, 3.63) is 101 Å². The number of rotatable bonds is 10. The zero-order chi connectivity index (χ0) is 33.8. The van der Waals surface area contributed by atoms with Gasteiger partial charge in [-0.05, 0) is 43.5 Å². The first-order valence-corrected chi connectivity index (χ1v) is 15.4. The van der Waals surface area contributed by atoms with Crippen molar-refractivity contribution in [1.29, 1.82) is 0 Å². The molecular formula is C35H33FN6O6. The van der Waals surface area contributed by atoms with Crippen LogP contribution in [-0.2, 0) is 15.8 Å². The van der Waals surface area contributed by atoms with Gasteiger partial charge in [0.15, 0.2) is 5.82 Å². The van der Waals surface area contributed by atoms with E-state index in [1.165, 1.54) is 26.4 Å². The zero-order valence-electron chi connectivity index (χ0n) is 26.5. The number of fused-ring (bicyclic) bond motifs is 2. The number of amides is 2. The third kappa shape index (κ3) is 5.16. The monoisotopic (exact) mass is 652 g/mol. The van der Waals surface area contributed by atoms with Gasteiger partial charge in [0.25, 0.3) is 5.91 Å². The lowest BCUT2D eigenvalue weighted by molar-refractivity contribution is -0.123. The number of ether oxygens (including phenoxy) is 3. The molecule has 4 N–H and O–H groups in total. The van der Waals surface area contributed by atoms with E-state index >= 15 is 4.39 Å². The van der Waals surface area contributed by atoms with Crippen LogP contribution in [0.4, 0.5) is 4.39 Å². The molecule has 13 heteroatoms. The average Bonchev–Trinajstić information content (AvgIpc) is 3.77. The largest absolute Gasteiger partial charge is 0.489 e.